The maximum absolute atomic E-state index is 12.0. The molecule has 0 unspecified atom stereocenters. The van der Waals surface area contributed by atoms with Gasteiger partial charge in [-0.2, -0.15) is 11.3 Å². The minimum absolute atomic E-state index is 0.0967. The van der Waals surface area contributed by atoms with Gasteiger partial charge in [0.2, 0.25) is 12.7 Å². The van der Waals surface area contributed by atoms with Gasteiger partial charge in [0.25, 0.3) is 0 Å². The molecule has 0 atom stereocenters. The number of nitrogens with one attached hydrogen (secondary N) is 1. The summed E-state index contributed by atoms with van der Waals surface area (Å²) in [6.45, 7) is 0.185. The van der Waals surface area contributed by atoms with Crippen molar-refractivity contribution in [2.75, 3.05) is 19.2 Å². The molecule has 1 N–H and O–H groups in total. The average molecular weight is 291 g/mol. The largest absolute Gasteiger partial charge is 0.494 e. The Kier molecular flexibility index (Phi) is 3.47. The van der Waals surface area contributed by atoms with Crippen LogP contribution in [0, 0.1) is 0 Å². The van der Waals surface area contributed by atoms with Crippen molar-refractivity contribution in [1.29, 1.82) is 0 Å². The quantitative estimate of drug-likeness (QED) is 0.941. The first kappa shape index (κ1) is 12.8. The molecule has 3 rings (SSSR count). The molecule has 2 aromatic rings. The van der Waals surface area contributed by atoms with Crippen molar-refractivity contribution in [3.05, 3.63) is 34.5 Å². The Bertz CT molecular complexity index is 624. The van der Waals surface area contributed by atoms with Crippen LogP contribution in [0.3, 0.4) is 0 Å². The van der Waals surface area contributed by atoms with Crippen molar-refractivity contribution >= 4 is 22.9 Å². The van der Waals surface area contributed by atoms with Gasteiger partial charge in [0.05, 0.1) is 19.2 Å². The van der Waals surface area contributed by atoms with Crippen LogP contribution in [0.4, 0.5) is 5.69 Å². The van der Waals surface area contributed by atoms with Crippen molar-refractivity contribution in [2.24, 2.45) is 0 Å². The summed E-state index contributed by atoms with van der Waals surface area (Å²) in [5, 5.41) is 6.74. The summed E-state index contributed by atoms with van der Waals surface area (Å²) in [5.74, 6) is 1.68. The second kappa shape index (κ2) is 5.42. The zero-order valence-electron chi connectivity index (χ0n) is 10.8. The second-order valence-electron chi connectivity index (χ2n) is 4.26. The Morgan fingerprint density at radius 3 is 2.90 bits per heavy atom. The standard InChI is InChI=1S/C14H13NO4S/c1-17-11-6-13-12(18-8-19-13)5-10(11)15-14(16)4-9-2-3-20-7-9/h2-3,5-7H,4,8H2,1H3,(H,15,16). The Morgan fingerprint density at radius 2 is 2.20 bits per heavy atom. The predicted octanol–water partition coefficient (Wildman–Crippen LogP) is 2.67. The summed E-state index contributed by atoms with van der Waals surface area (Å²) in [5.41, 5.74) is 1.57. The van der Waals surface area contributed by atoms with E-state index in [0.717, 1.165) is 5.56 Å². The highest BCUT2D eigenvalue weighted by molar-refractivity contribution is 7.08. The van der Waals surface area contributed by atoms with Crippen LogP contribution in [0.1, 0.15) is 5.56 Å². The lowest BCUT2D eigenvalue weighted by Crippen LogP contribution is -2.14. The summed E-state index contributed by atoms with van der Waals surface area (Å²) in [4.78, 5) is 12.0. The first-order valence-electron chi connectivity index (χ1n) is 6.05. The van der Waals surface area contributed by atoms with Gasteiger partial charge in [-0.25, -0.2) is 0 Å². The number of carbonyl (C=O) groups excluding carboxylic acids is 1. The zero-order chi connectivity index (χ0) is 13.9. The van der Waals surface area contributed by atoms with E-state index in [2.05, 4.69) is 5.32 Å². The molecule has 1 aliphatic heterocycles. The van der Waals surface area contributed by atoms with Crippen molar-refractivity contribution in [2.45, 2.75) is 6.42 Å². The number of fused-ring (bicyclic) bond motifs is 1. The molecule has 0 fully saturated rings. The van der Waals surface area contributed by atoms with E-state index in [-0.39, 0.29) is 12.7 Å². The first-order chi connectivity index (χ1) is 9.76. The van der Waals surface area contributed by atoms with Gasteiger partial charge in [0, 0.05) is 12.1 Å². The number of ether oxygens (including phenoxy) is 3. The van der Waals surface area contributed by atoms with Crippen molar-refractivity contribution in [3.8, 4) is 17.2 Å². The number of anilines is 1. The second-order valence-corrected chi connectivity index (χ2v) is 5.04. The molecule has 104 valence electrons. The van der Waals surface area contributed by atoms with Gasteiger partial charge in [0.15, 0.2) is 11.5 Å². The summed E-state index contributed by atoms with van der Waals surface area (Å²) in [6.07, 6.45) is 0.334. The third-order valence-electron chi connectivity index (χ3n) is 2.91. The number of hydrogen-bond acceptors (Lipinski definition) is 5. The van der Waals surface area contributed by atoms with E-state index in [1.165, 1.54) is 0 Å². The maximum Gasteiger partial charge on any atom is 0.231 e. The minimum Gasteiger partial charge on any atom is -0.494 e. The number of hydrogen-bond donors (Lipinski definition) is 1. The van der Waals surface area contributed by atoms with Gasteiger partial charge in [-0.05, 0) is 22.4 Å². The topological polar surface area (TPSA) is 56.8 Å². The Labute approximate surface area is 120 Å². The maximum atomic E-state index is 12.0. The molecule has 0 aliphatic carbocycles. The van der Waals surface area contributed by atoms with Gasteiger partial charge in [-0.3, -0.25) is 4.79 Å². The Hall–Kier alpha value is -2.21. The lowest BCUT2D eigenvalue weighted by molar-refractivity contribution is -0.115. The molecule has 0 saturated heterocycles. The van der Waals surface area contributed by atoms with Crippen LogP contribution in [0.15, 0.2) is 29.0 Å². The van der Waals surface area contributed by atoms with Crippen LogP contribution < -0.4 is 19.5 Å². The molecule has 6 heteroatoms. The molecule has 0 saturated carbocycles. The zero-order valence-corrected chi connectivity index (χ0v) is 11.7. The molecule has 20 heavy (non-hydrogen) atoms. The summed E-state index contributed by atoms with van der Waals surface area (Å²) < 4.78 is 15.8. The summed E-state index contributed by atoms with van der Waals surface area (Å²) in [7, 11) is 1.55. The van der Waals surface area contributed by atoms with Crippen LogP contribution >= 0.6 is 11.3 Å². The van der Waals surface area contributed by atoms with Gasteiger partial charge < -0.3 is 19.5 Å². The molecule has 0 spiro atoms. The number of carbonyl (C=O) groups is 1. The van der Waals surface area contributed by atoms with Crippen LogP contribution in [-0.2, 0) is 11.2 Å². The smallest absolute Gasteiger partial charge is 0.231 e. The van der Waals surface area contributed by atoms with E-state index in [9.17, 15) is 4.79 Å². The average Bonchev–Trinajstić information content (AvgIpc) is 3.08. The fourth-order valence-corrected chi connectivity index (χ4v) is 2.63. The Morgan fingerprint density at radius 1 is 1.40 bits per heavy atom. The van der Waals surface area contributed by atoms with Crippen LogP contribution in [0.5, 0.6) is 17.2 Å². The molecular weight excluding hydrogens is 278 g/mol. The highest BCUT2D eigenvalue weighted by Gasteiger charge is 2.19. The lowest BCUT2D eigenvalue weighted by Gasteiger charge is -2.11. The number of methoxy groups -OCH3 is 1. The number of rotatable bonds is 4. The van der Waals surface area contributed by atoms with E-state index in [4.69, 9.17) is 14.2 Å². The third-order valence-corrected chi connectivity index (χ3v) is 3.65. The van der Waals surface area contributed by atoms with E-state index in [1.54, 1.807) is 30.6 Å². The van der Waals surface area contributed by atoms with Gasteiger partial charge in [-0.1, -0.05) is 0 Å². The fourth-order valence-electron chi connectivity index (χ4n) is 1.96. The molecule has 5 nitrogen and oxygen atoms in total. The molecule has 1 aliphatic rings. The lowest BCUT2D eigenvalue weighted by atomic mass is 10.2. The van der Waals surface area contributed by atoms with Gasteiger partial charge >= 0.3 is 0 Å². The van der Waals surface area contributed by atoms with Crippen LogP contribution in [0.25, 0.3) is 0 Å². The molecular formula is C14H13NO4S. The first-order valence-corrected chi connectivity index (χ1v) is 6.99. The van der Waals surface area contributed by atoms with Gasteiger partial charge in [-0.15, -0.1) is 0 Å². The molecule has 1 aromatic carbocycles. The van der Waals surface area contributed by atoms with Crippen molar-refractivity contribution < 1.29 is 19.0 Å². The molecule has 0 bridgehead atoms. The summed E-state index contributed by atoms with van der Waals surface area (Å²) >= 11 is 1.57. The highest BCUT2D eigenvalue weighted by atomic mass is 32.1. The van der Waals surface area contributed by atoms with E-state index >= 15 is 0 Å². The SMILES string of the molecule is COc1cc2c(cc1NC(=O)Cc1ccsc1)OCO2. The highest BCUT2D eigenvalue weighted by Crippen LogP contribution is 2.40. The van der Waals surface area contributed by atoms with Crippen molar-refractivity contribution in [3.63, 3.8) is 0 Å². The van der Waals surface area contributed by atoms with Crippen LogP contribution in [0.2, 0.25) is 0 Å². The fraction of sp³-hybridized carbons (Fsp3) is 0.214. The van der Waals surface area contributed by atoms with Crippen molar-refractivity contribution in [1.82, 2.24) is 0 Å². The third kappa shape index (κ3) is 2.55. The predicted molar refractivity (Wildman–Crippen MR) is 75.8 cm³/mol. The van der Waals surface area contributed by atoms with E-state index < -0.39 is 0 Å². The number of amides is 1. The number of benzene rings is 1. The minimum atomic E-state index is -0.0967. The van der Waals surface area contributed by atoms with E-state index in [1.807, 2.05) is 16.8 Å². The molecule has 1 aromatic heterocycles. The molecule has 1 amide bonds. The monoisotopic (exact) mass is 291 g/mol. The van der Waals surface area contributed by atoms with Crippen LogP contribution in [-0.4, -0.2) is 19.8 Å². The normalized spacial score (nSPS) is 12.2. The van der Waals surface area contributed by atoms with E-state index in [0.29, 0.717) is 29.4 Å². The van der Waals surface area contributed by atoms with Gasteiger partial charge in [0.1, 0.15) is 5.75 Å². The Balaban J connectivity index is 1.78. The summed E-state index contributed by atoms with van der Waals surface area (Å²) in [6, 6.07) is 5.36. The molecule has 0 radical (unpaired) electrons. The molecule has 2 heterocycles. The number of thiophene rings is 1.